The first-order chi connectivity index (χ1) is 8.97. The van der Waals surface area contributed by atoms with Gasteiger partial charge in [-0.15, -0.1) is 0 Å². The molecule has 0 saturated heterocycles. The van der Waals surface area contributed by atoms with Crippen molar-refractivity contribution in [3.8, 4) is 0 Å². The summed E-state index contributed by atoms with van der Waals surface area (Å²) in [5.74, 6) is -0.0442. The normalized spacial score (nSPS) is 11.6. The molecule has 102 valence electrons. The number of sulfonamides is 1. The second kappa shape index (κ2) is 5.41. The molecule has 2 aromatic rings. The molecule has 1 aromatic carbocycles. The smallest absolute Gasteiger partial charge is 0.209 e. The van der Waals surface area contributed by atoms with E-state index in [4.69, 9.17) is 10.9 Å². The number of primary sulfonamides is 1. The molecule has 5 N–H and O–H groups in total. The number of hydrogen-bond acceptors (Lipinski definition) is 5. The number of hydrogen-bond donors (Lipinski definition) is 3. The summed E-state index contributed by atoms with van der Waals surface area (Å²) >= 11 is 0. The van der Waals surface area contributed by atoms with Crippen molar-refractivity contribution in [1.29, 1.82) is 0 Å². The average molecular weight is 280 g/mol. The highest BCUT2D eigenvalue weighted by Gasteiger charge is 2.05. The topological polar surface area (TPSA) is 111 Å². The van der Waals surface area contributed by atoms with Gasteiger partial charge >= 0.3 is 0 Å². The van der Waals surface area contributed by atoms with Gasteiger partial charge < -0.3 is 11.1 Å². The van der Waals surface area contributed by atoms with Crippen LogP contribution in [0.15, 0.2) is 30.6 Å². The van der Waals surface area contributed by atoms with Gasteiger partial charge in [-0.05, 0) is 18.6 Å². The third kappa shape index (κ3) is 3.55. The molecule has 19 heavy (non-hydrogen) atoms. The lowest BCUT2D eigenvalue weighted by Gasteiger charge is -2.11. The number of pyridine rings is 1. The zero-order valence-electron chi connectivity index (χ0n) is 10.3. The van der Waals surface area contributed by atoms with E-state index in [-0.39, 0.29) is 5.75 Å². The van der Waals surface area contributed by atoms with Crippen LogP contribution in [0.4, 0.5) is 11.4 Å². The average Bonchev–Trinajstić information content (AvgIpc) is 2.36. The van der Waals surface area contributed by atoms with E-state index in [2.05, 4.69) is 10.3 Å². The number of benzene rings is 1. The van der Waals surface area contributed by atoms with E-state index in [1.54, 1.807) is 12.4 Å². The monoisotopic (exact) mass is 280 g/mol. The molecule has 0 aliphatic rings. The van der Waals surface area contributed by atoms with Crippen molar-refractivity contribution in [3.05, 3.63) is 30.6 Å². The lowest BCUT2D eigenvalue weighted by molar-refractivity contribution is 0.596. The van der Waals surface area contributed by atoms with Gasteiger partial charge in [-0.3, -0.25) is 4.98 Å². The van der Waals surface area contributed by atoms with Gasteiger partial charge in [-0.2, -0.15) is 0 Å². The zero-order chi connectivity index (χ0) is 13.9. The SMILES string of the molecule is Nc1c(NCCCS(N)(=O)=O)ccc2cnccc12. The molecular weight excluding hydrogens is 264 g/mol. The van der Waals surface area contributed by atoms with E-state index >= 15 is 0 Å². The molecule has 0 aliphatic heterocycles. The van der Waals surface area contributed by atoms with Crippen molar-refractivity contribution in [2.75, 3.05) is 23.3 Å². The minimum absolute atomic E-state index is 0.0442. The Bertz CT molecular complexity index is 685. The lowest BCUT2D eigenvalue weighted by atomic mass is 10.1. The molecule has 0 saturated carbocycles. The van der Waals surface area contributed by atoms with Crippen molar-refractivity contribution in [2.45, 2.75) is 6.42 Å². The van der Waals surface area contributed by atoms with E-state index in [1.807, 2.05) is 18.2 Å². The summed E-state index contributed by atoms with van der Waals surface area (Å²) in [6.07, 6.45) is 3.87. The predicted octanol–water partition coefficient (Wildman–Crippen LogP) is 0.908. The van der Waals surface area contributed by atoms with Crippen molar-refractivity contribution < 1.29 is 8.42 Å². The molecule has 0 bridgehead atoms. The van der Waals surface area contributed by atoms with Crippen LogP contribution in [0.25, 0.3) is 10.8 Å². The summed E-state index contributed by atoms with van der Waals surface area (Å²) in [4.78, 5) is 4.03. The number of nitrogen functional groups attached to an aromatic ring is 1. The lowest BCUT2D eigenvalue weighted by Crippen LogP contribution is -2.18. The van der Waals surface area contributed by atoms with Crippen LogP contribution >= 0.6 is 0 Å². The van der Waals surface area contributed by atoms with Crippen LogP contribution < -0.4 is 16.2 Å². The molecule has 0 aliphatic carbocycles. The van der Waals surface area contributed by atoms with Gasteiger partial charge in [0.15, 0.2) is 0 Å². The molecule has 7 heteroatoms. The van der Waals surface area contributed by atoms with Gasteiger partial charge in [-0.1, -0.05) is 6.07 Å². The number of rotatable bonds is 5. The maximum atomic E-state index is 10.8. The van der Waals surface area contributed by atoms with E-state index in [0.717, 1.165) is 16.5 Å². The van der Waals surface area contributed by atoms with Crippen LogP contribution in [-0.2, 0) is 10.0 Å². The quantitative estimate of drug-likeness (QED) is 0.557. The summed E-state index contributed by atoms with van der Waals surface area (Å²) in [7, 11) is -3.40. The van der Waals surface area contributed by atoms with Crippen molar-refractivity contribution in [3.63, 3.8) is 0 Å². The largest absolute Gasteiger partial charge is 0.397 e. The third-order valence-corrected chi connectivity index (χ3v) is 3.64. The number of nitrogens with two attached hydrogens (primary N) is 2. The van der Waals surface area contributed by atoms with Crippen LogP contribution in [0.3, 0.4) is 0 Å². The number of fused-ring (bicyclic) bond motifs is 1. The first kappa shape index (κ1) is 13.6. The second-order valence-corrected chi connectivity index (χ2v) is 6.00. The minimum atomic E-state index is -3.40. The molecule has 0 atom stereocenters. The third-order valence-electron chi connectivity index (χ3n) is 2.78. The van der Waals surface area contributed by atoms with Crippen molar-refractivity contribution >= 4 is 32.2 Å². The molecule has 0 amide bonds. The van der Waals surface area contributed by atoms with Crippen LogP contribution in [0.2, 0.25) is 0 Å². The predicted molar refractivity (Wildman–Crippen MR) is 77.2 cm³/mol. The molecule has 0 unspecified atom stereocenters. The fourth-order valence-corrected chi connectivity index (χ4v) is 2.39. The standard InChI is InChI=1S/C12H16N4O2S/c13-12-10-4-6-15-8-9(10)2-3-11(12)16-5-1-7-19(14,17)18/h2-4,6,8,16H,1,5,7,13H2,(H2,14,17,18). The maximum Gasteiger partial charge on any atom is 0.209 e. The van der Waals surface area contributed by atoms with Crippen LogP contribution in [-0.4, -0.2) is 25.7 Å². The highest BCUT2D eigenvalue weighted by molar-refractivity contribution is 7.89. The fourth-order valence-electron chi connectivity index (χ4n) is 1.84. The zero-order valence-corrected chi connectivity index (χ0v) is 11.2. The van der Waals surface area contributed by atoms with Crippen LogP contribution in [0.5, 0.6) is 0 Å². The van der Waals surface area contributed by atoms with Gasteiger partial charge in [0.1, 0.15) is 0 Å². The van der Waals surface area contributed by atoms with Gasteiger partial charge in [0.2, 0.25) is 10.0 Å². The van der Waals surface area contributed by atoms with Crippen molar-refractivity contribution in [1.82, 2.24) is 4.98 Å². The van der Waals surface area contributed by atoms with Crippen LogP contribution in [0, 0.1) is 0 Å². The highest BCUT2D eigenvalue weighted by Crippen LogP contribution is 2.27. The number of nitrogens with one attached hydrogen (secondary N) is 1. The first-order valence-corrected chi connectivity index (χ1v) is 7.55. The van der Waals surface area contributed by atoms with E-state index in [1.165, 1.54) is 0 Å². The molecule has 2 rings (SSSR count). The number of aromatic nitrogens is 1. The Labute approximate surface area is 111 Å². The summed E-state index contributed by atoms with van der Waals surface area (Å²) in [6.45, 7) is 0.497. The Morgan fingerprint density at radius 3 is 2.79 bits per heavy atom. The molecule has 0 radical (unpaired) electrons. The molecule has 0 spiro atoms. The Morgan fingerprint density at radius 2 is 2.05 bits per heavy atom. The van der Waals surface area contributed by atoms with Crippen LogP contribution in [0.1, 0.15) is 6.42 Å². The second-order valence-electron chi connectivity index (χ2n) is 4.27. The number of nitrogens with zero attached hydrogens (tertiary/aromatic N) is 1. The van der Waals surface area contributed by atoms with E-state index < -0.39 is 10.0 Å². The minimum Gasteiger partial charge on any atom is -0.397 e. The molecule has 1 heterocycles. The molecular formula is C12H16N4O2S. The van der Waals surface area contributed by atoms with E-state index in [9.17, 15) is 8.42 Å². The fraction of sp³-hybridized carbons (Fsp3) is 0.250. The number of anilines is 2. The summed E-state index contributed by atoms with van der Waals surface area (Å²) in [5.41, 5.74) is 7.47. The molecule has 6 nitrogen and oxygen atoms in total. The van der Waals surface area contributed by atoms with E-state index in [0.29, 0.717) is 18.7 Å². The van der Waals surface area contributed by atoms with Gasteiger partial charge in [0, 0.05) is 29.7 Å². The van der Waals surface area contributed by atoms with Gasteiger partial charge in [0.05, 0.1) is 17.1 Å². The summed E-state index contributed by atoms with van der Waals surface area (Å²) in [5, 5.41) is 9.93. The summed E-state index contributed by atoms with van der Waals surface area (Å²) in [6, 6.07) is 5.62. The Morgan fingerprint density at radius 1 is 1.26 bits per heavy atom. The van der Waals surface area contributed by atoms with Crippen molar-refractivity contribution in [2.24, 2.45) is 5.14 Å². The molecule has 1 aromatic heterocycles. The Hall–Kier alpha value is -1.86. The molecule has 0 fully saturated rings. The maximum absolute atomic E-state index is 10.8. The highest BCUT2D eigenvalue weighted by atomic mass is 32.2. The van der Waals surface area contributed by atoms with Gasteiger partial charge in [0.25, 0.3) is 0 Å². The first-order valence-electron chi connectivity index (χ1n) is 5.84. The summed E-state index contributed by atoms with van der Waals surface area (Å²) < 4.78 is 21.6. The Kier molecular flexibility index (Phi) is 3.87. The van der Waals surface area contributed by atoms with Gasteiger partial charge in [-0.25, -0.2) is 13.6 Å². The Balaban J connectivity index is 2.07.